The van der Waals surface area contributed by atoms with Crippen LogP contribution in [-0.4, -0.2) is 69.4 Å². The molecule has 10 nitrogen and oxygen atoms in total. The van der Waals surface area contributed by atoms with Crippen molar-refractivity contribution in [2.24, 2.45) is 11.8 Å². The minimum absolute atomic E-state index is 0.00291. The van der Waals surface area contributed by atoms with Crippen LogP contribution in [0.15, 0.2) is 195 Å². The summed E-state index contributed by atoms with van der Waals surface area (Å²) in [6.07, 6.45) is 8.24. The fourth-order valence-corrected chi connectivity index (χ4v) is 10.6. The zero-order chi connectivity index (χ0) is 47.1. The molecular formula is C58H58N6O4. The zero-order valence-corrected chi connectivity index (χ0v) is 39.2. The van der Waals surface area contributed by atoms with Crippen molar-refractivity contribution in [1.29, 1.82) is 0 Å². The quantitative estimate of drug-likeness (QED) is 0.0896. The summed E-state index contributed by atoms with van der Waals surface area (Å²) in [5.74, 6) is -0.262. The SMILES string of the molecule is CON(C)C(=O)C1CCc2c(ncn2C(c2ccccc2)(c2ccccc2)c2ccccc2)C1.CON(C)C(=O)C1CCc2ncn(C(c3ccccc3)(c3ccccc3)c3ccccc3)c2C1. The topological polar surface area (TPSA) is 94.7 Å². The smallest absolute Gasteiger partial charge is 0.249 e. The number of rotatable bonds is 12. The van der Waals surface area contributed by atoms with E-state index in [4.69, 9.17) is 19.6 Å². The molecule has 0 spiro atoms. The molecule has 2 atom stereocenters. The number of hydrogen-bond acceptors (Lipinski definition) is 6. The Kier molecular flexibility index (Phi) is 13.6. The number of carbonyl (C=O) groups is 2. The molecule has 2 aromatic heterocycles. The Morgan fingerprint density at radius 2 is 0.765 bits per heavy atom. The van der Waals surface area contributed by atoms with E-state index in [0.29, 0.717) is 12.8 Å². The maximum absolute atomic E-state index is 13.0. The monoisotopic (exact) mass is 902 g/mol. The van der Waals surface area contributed by atoms with Gasteiger partial charge >= 0.3 is 0 Å². The number of hydrogen-bond donors (Lipinski definition) is 0. The fourth-order valence-electron chi connectivity index (χ4n) is 10.6. The number of imidazole rings is 2. The van der Waals surface area contributed by atoms with Crippen molar-refractivity contribution in [1.82, 2.24) is 29.2 Å². The van der Waals surface area contributed by atoms with Gasteiger partial charge in [0.2, 0.25) is 11.8 Å². The number of amides is 2. The number of hydroxylamine groups is 4. The number of aromatic nitrogens is 4. The van der Waals surface area contributed by atoms with Gasteiger partial charge in [0.15, 0.2) is 0 Å². The molecule has 68 heavy (non-hydrogen) atoms. The lowest BCUT2D eigenvalue weighted by Crippen LogP contribution is -2.41. The summed E-state index contributed by atoms with van der Waals surface area (Å²) in [7, 11) is 6.40. The third-order valence-electron chi connectivity index (χ3n) is 14.0. The largest absolute Gasteiger partial charge is 0.316 e. The number of benzene rings is 6. The fraction of sp³-hybridized carbons (Fsp3) is 0.241. The lowest BCUT2D eigenvalue weighted by molar-refractivity contribution is -0.174. The van der Waals surface area contributed by atoms with Crippen LogP contribution in [0, 0.1) is 11.8 Å². The van der Waals surface area contributed by atoms with Crippen molar-refractivity contribution in [2.45, 2.75) is 49.6 Å². The molecule has 2 aliphatic carbocycles. The Morgan fingerprint density at radius 3 is 1.12 bits per heavy atom. The van der Waals surface area contributed by atoms with Crippen LogP contribution < -0.4 is 0 Å². The molecule has 0 saturated heterocycles. The van der Waals surface area contributed by atoms with E-state index >= 15 is 0 Å². The molecule has 2 amide bonds. The Morgan fingerprint density at radius 1 is 0.456 bits per heavy atom. The average molecular weight is 903 g/mol. The normalized spacial score (nSPS) is 15.5. The summed E-state index contributed by atoms with van der Waals surface area (Å²) in [5.41, 5.74) is 10.1. The van der Waals surface area contributed by atoms with Crippen molar-refractivity contribution in [3.8, 4) is 0 Å². The van der Waals surface area contributed by atoms with Gasteiger partial charge in [0, 0.05) is 50.2 Å². The van der Waals surface area contributed by atoms with Crippen LogP contribution in [0.25, 0.3) is 0 Å². The van der Waals surface area contributed by atoms with Crippen molar-refractivity contribution in [3.05, 3.63) is 251 Å². The van der Waals surface area contributed by atoms with Crippen LogP contribution in [0.5, 0.6) is 0 Å². The molecule has 2 heterocycles. The van der Waals surface area contributed by atoms with E-state index in [0.717, 1.165) is 59.5 Å². The van der Waals surface area contributed by atoms with E-state index in [1.54, 1.807) is 14.1 Å². The van der Waals surface area contributed by atoms with Crippen molar-refractivity contribution in [2.75, 3.05) is 28.3 Å². The molecule has 344 valence electrons. The van der Waals surface area contributed by atoms with E-state index in [1.807, 2.05) is 30.9 Å². The summed E-state index contributed by atoms with van der Waals surface area (Å²) in [4.78, 5) is 45.9. The van der Waals surface area contributed by atoms with Crippen LogP contribution in [0.3, 0.4) is 0 Å². The standard InChI is InChI=1S/2C29H29N3O2/c1-31(34-2)28(33)22-18-19-27-26(20-22)30-21-32(27)29(23-12-6-3-7-13-23,24-14-8-4-9-15-24)25-16-10-5-11-17-25;1-31(34-2)28(33)22-18-19-26-27(20-22)32(21-30-26)29(23-12-6-3-7-13-23,24-14-8-4-9-15-24)25-16-10-5-11-17-25/h2*3-17,21-22H,18-20H2,1-2H3. The van der Waals surface area contributed by atoms with Crippen molar-refractivity contribution >= 4 is 11.8 Å². The summed E-state index contributed by atoms with van der Waals surface area (Å²) < 4.78 is 4.64. The summed E-state index contributed by atoms with van der Waals surface area (Å²) in [6, 6.07) is 63.5. The third-order valence-corrected chi connectivity index (χ3v) is 14.0. The predicted octanol–water partition coefficient (Wildman–Crippen LogP) is 9.70. The molecule has 2 aliphatic rings. The van der Waals surface area contributed by atoms with E-state index in [2.05, 4.69) is 173 Å². The zero-order valence-electron chi connectivity index (χ0n) is 39.2. The van der Waals surface area contributed by atoms with Gasteiger partial charge < -0.3 is 9.13 Å². The molecule has 0 aliphatic heterocycles. The number of nitrogens with zero attached hydrogens (tertiary/aromatic N) is 6. The first-order chi connectivity index (χ1) is 33.3. The second kappa shape index (κ2) is 20.2. The van der Waals surface area contributed by atoms with E-state index in [1.165, 1.54) is 46.7 Å². The molecule has 8 aromatic rings. The molecule has 2 unspecified atom stereocenters. The Hall–Kier alpha value is -7.40. The lowest BCUT2D eigenvalue weighted by atomic mass is 9.76. The van der Waals surface area contributed by atoms with Crippen LogP contribution in [0.2, 0.25) is 0 Å². The van der Waals surface area contributed by atoms with Gasteiger partial charge in [0.05, 0.1) is 38.3 Å². The minimum Gasteiger partial charge on any atom is -0.316 e. The van der Waals surface area contributed by atoms with E-state index in [9.17, 15) is 9.59 Å². The third kappa shape index (κ3) is 8.35. The first kappa shape index (κ1) is 45.7. The summed E-state index contributed by atoms with van der Waals surface area (Å²) >= 11 is 0. The van der Waals surface area contributed by atoms with Crippen LogP contribution >= 0.6 is 0 Å². The number of aryl methyl sites for hydroxylation is 1. The first-order valence-corrected chi connectivity index (χ1v) is 23.4. The number of fused-ring (bicyclic) bond motifs is 2. The second-order valence-corrected chi connectivity index (χ2v) is 17.5. The number of carbonyl (C=O) groups excluding carboxylic acids is 2. The van der Waals surface area contributed by atoms with Gasteiger partial charge in [-0.2, -0.15) is 0 Å². The molecule has 0 bridgehead atoms. The van der Waals surface area contributed by atoms with Gasteiger partial charge in [-0.05, 0) is 59.1 Å². The van der Waals surface area contributed by atoms with E-state index < -0.39 is 11.1 Å². The van der Waals surface area contributed by atoms with Gasteiger partial charge in [-0.25, -0.2) is 20.1 Å². The molecule has 0 fully saturated rings. The van der Waals surface area contributed by atoms with Gasteiger partial charge in [0.1, 0.15) is 11.1 Å². The molecule has 0 radical (unpaired) electrons. The average Bonchev–Trinajstić information content (AvgIpc) is 4.05. The highest BCUT2D eigenvalue weighted by molar-refractivity contribution is 5.78. The van der Waals surface area contributed by atoms with E-state index in [-0.39, 0.29) is 23.7 Å². The second-order valence-electron chi connectivity index (χ2n) is 17.5. The molecular weight excluding hydrogens is 845 g/mol. The Bertz CT molecular complexity index is 2710. The molecule has 10 rings (SSSR count). The lowest BCUT2D eigenvalue weighted by Gasteiger charge is -2.39. The first-order valence-electron chi connectivity index (χ1n) is 23.4. The molecule has 0 N–H and O–H groups in total. The highest BCUT2D eigenvalue weighted by Crippen LogP contribution is 2.45. The van der Waals surface area contributed by atoms with Crippen LogP contribution in [0.4, 0.5) is 0 Å². The van der Waals surface area contributed by atoms with Crippen molar-refractivity contribution in [3.63, 3.8) is 0 Å². The van der Waals surface area contributed by atoms with Gasteiger partial charge in [-0.15, -0.1) is 0 Å². The highest BCUT2D eigenvalue weighted by Gasteiger charge is 2.44. The summed E-state index contributed by atoms with van der Waals surface area (Å²) in [6.45, 7) is 0. The Balaban J connectivity index is 0.000000170. The maximum atomic E-state index is 13.0. The van der Waals surface area contributed by atoms with Gasteiger partial charge in [0.25, 0.3) is 0 Å². The van der Waals surface area contributed by atoms with Crippen molar-refractivity contribution < 1.29 is 19.3 Å². The molecule has 0 saturated carbocycles. The highest BCUT2D eigenvalue weighted by atomic mass is 16.7. The van der Waals surface area contributed by atoms with Crippen LogP contribution in [-0.2, 0) is 56.0 Å². The Labute approximate surface area is 399 Å². The molecule has 6 aromatic carbocycles. The minimum atomic E-state index is -0.623. The summed E-state index contributed by atoms with van der Waals surface area (Å²) in [5, 5.41) is 2.67. The molecule has 10 heteroatoms. The van der Waals surface area contributed by atoms with Gasteiger partial charge in [-0.1, -0.05) is 182 Å². The maximum Gasteiger partial charge on any atom is 0.249 e. The van der Waals surface area contributed by atoms with Crippen LogP contribution in [0.1, 0.15) is 69.0 Å². The van der Waals surface area contributed by atoms with Gasteiger partial charge in [-0.3, -0.25) is 19.3 Å². The predicted molar refractivity (Wildman–Crippen MR) is 264 cm³/mol.